The van der Waals surface area contributed by atoms with E-state index in [0.29, 0.717) is 52.2 Å². The Morgan fingerprint density at radius 3 is 2.54 bits per heavy atom. The predicted octanol–water partition coefficient (Wildman–Crippen LogP) is 6.97. The molecule has 0 saturated heterocycles. The zero-order valence-corrected chi connectivity index (χ0v) is 33.4. The summed E-state index contributed by atoms with van der Waals surface area (Å²) in [6.45, 7) is 2.60. The third-order valence-electron chi connectivity index (χ3n) is 10.3. The van der Waals surface area contributed by atoms with Crippen molar-refractivity contribution >= 4 is 49.6 Å². The Balaban J connectivity index is 0.980. The Hall–Kier alpha value is -6.48. The van der Waals surface area contributed by atoms with E-state index in [2.05, 4.69) is 33.1 Å². The van der Waals surface area contributed by atoms with E-state index in [0.717, 1.165) is 36.8 Å². The molecule has 2 heterocycles. The minimum absolute atomic E-state index is 0.0558. The number of hydrogen-bond acceptors (Lipinski definition) is 11. The number of aliphatic hydroxyl groups is 1. The molecule has 1 aromatic heterocycles. The number of carbonyl (C=O) groups excluding carboxylic acids is 2. The van der Waals surface area contributed by atoms with Gasteiger partial charge in [-0.2, -0.15) is 0 Å². The normalized spacial score (nSPS) is 13.0. The molecule has 14 heteroatoms. The van der Waals surface area contributed by atoms with Crippen molar-refractivity contribution in [2.75, 3.05) is 37.4 Å². The zero-order chi connectivity index (χ0) is 41.7. The van der Waals surface area contributed by atoms with Crippen LogP contribution < -0.4 is 31.2 Å². The van der Waals surface area contributed by atoms with E-state index in [1.54, 1.807) is 68.6 Å². The summed E-state index contributed by atoms with van der Waals surface area (Å²) >= 11 is 0. The lowest BCUT2D eigenvalue weighted by molar-refractivity contribution is -0.118. The summed E-state index contributed by atoms with van der Waals surface area (Å²) in [5.74, 6) is -0.306. The number of benzene rings is 5. The van der Waals surface area contributed by atoms with Crippen molar-refractivity contribution in [1.29, 1.82) is 0 Å². The van der Waals surface area contributed by atoms with Gasteiger partial charge in [0.25, 0.3) is 11.8 Å². The van der Waals surface area contributed by atoms with E-state index >= 15 is 0 Å². The Kier molecular flexibility index (Phi) is 12.1. The van der Waals surface area contributed by atoms with Crippen LogP contribution in [0, 0.1) is 6.92 Å². The summed E-state index contributed by atoms with van der Waals surface area (Å²) in [5.41, 5.74) is 11.4. The maximum Gasteiger partial charge on any atom is 0.262 e. The summed E-state index contributed by atoms with van der Waals surface area (Å²) in [4.78, 5) is 28.8. The molecule has 13 nitrogen and oxygen atoms in total. The first kappa shape index (κ1) is 40.7. The molecule has 0 spiro atoms. The molecule has 1 aliphatic rings. The number of hydrogen-bond donors (Lipinski definition) is 6. The van der Waals surface area contributed by atoms with E-state index in [4.69, 9.17) is 15.2 Å². The number of unbranched alkanes of at least 4 members (excludes halogenated alkanes) is 2. The number of aliphatic hydroxyl groups excluding tert-OH is 1. The number of primary amides is 1. The van der Waals surface area contributed by atoms with Crippen LogP contribution in [0.3, 0.4) is 0 Å². The first-order valence-corrected chi connectivity index (χ1v) is 20.7. The van der Waals surface area contributed by atoms with Crippen LogP contribution >= 0.6 is 0 Å². The zero-order valence-electron chi connectivity index (χ0n) is 32.6. The number of nitrogens with one attached hydrogen (secondary N) is 3. The molecular formula is C45H45N5O8S. The maximum absolute atomic E-state index is 14.2. The summed E-state index contributed by atoms with van der Waals surface area (Å²) in [6.07, 6.45) is 4.24. The number of amides is 2. The van der Waals surface area contributed by atoms with Gasteiger partial charge in [-0.1, -0.05) is 48.9 Å². The van der Waals surface area contributed by atoms with Crippen LogP contribution in [0.25, 0.3) is 22.0 Å². The molecule has 1 unspecified atom stereocenters. The molecule has 1 atom stereocenters. The van der Waals surface area contributed by atoms with Crippen LogP contribution in [0.4, 0.5) is 17.1 Å². The van der Waals surface area contributed by atoms with E-state index in [1.807, 2.05) is 18.2 Å². The highest BCUT2D eigenvalue weighted by molar-refractivity contribution is 7.91. The molecule has 59 heavy (non-hydrogen) atoms. The molecule has 0 saturated carbocycles. The topological polar surface area (TPSA) is 202 Å². The Morgan fingerprint density at radius 2 is 1.76 bits per heavy atom. The van der Waals surface area contributed by atoms with Gasteiger partial charge in [0, 0.05) is 35.4 Å². The molecule has 0 radical (unpaired) electrons. The first-order chi connectivity index (χ1) is 28.4. The van der Waals surface area contributed by atoms with Gasteiger partial charge in [-0.3, -0.25) is 14.6 Å². The molecular weight excluding hydrogens is 771 g/mol. The summed E-state index contributed by atoms with van der Waals surface area (Å²) in [5, 5.41) is 30.3. The monoisotopic (exact) mass is 815 g/mol. The van der Waals surface area contributed by atoms with Crippen LogP contribution in [-0.4, -0.2) is 62.2 Å². The van der Waals surface area contributed by atoms with Crippen molar-refractivity contribution in [2.45, 2.75) is 48.5 Å². The fraction of sp³-hybridized carbons (Fsp3) is 0.222. The van der Waals surface area contributed by atoms with Gasteiger partial charge in [-0.15, -0.1) is 0 Å². The largest absolute Gasteiger partial charge is 0.506 e. The number of methoxy groups -OCH3 is 1. The molecule has 0 bridgehead atoms. The predicted molar refractivity (Wildman–Crippen MR) is 226 cm³/mol. The highest BCUT2D eigenvalue weighted by atomic mass is 32.2. The van der Waals surface area contributed by atoms with E-state index in [-0.39, 0.29) is 45.1 Å². The van der Waals surface area contributed by atoms with Crippen molar-refractivity contribution in [3.8, 4) is 28.4 Å². The Labute approximate surface area is 342 Å². The van der Waals surface area contributed by atoms with Gasteiger partial charge in [-0.25, -0.2) is 8.42 Å². The average Bonchev–Trinajstić information content (AvgIpc) is 3.24. The molecule has 0 aliphatic carbocycles. The van der Waals surface area contributed by atoms with Gasteiger partial charge in [0.1, 0.15) is 17.2 Å². The number of aromatic nitrogens is 1. The van der Waals surface area contributed by atoms with Gasteiger partial charge in [0.2, 0.25) is 9.84 Å². The van der Waals surface area contributed by atoms with Crippen LogP contribution in [0.5, 0.6) is 17.2 Å². The molecule has 304 valence electrons. The standard InChI is InChI=1S/C45H45N5O8S/c1-27-20-34(23-36-41(27)48-24-37(45(46)54)42(36)49-31-10-7-11-32(22-31)57-2)59(55,56)33-12-6-9-30(21-33)29-15-13-28(14-16-29)8-4-3-5-19-47-25-39(52)35-17-18-38(51)43-44(35)58-26-40(53)50-43/h6-7,9-18,20-24,39,47,51-52H,3-5,8,19,25-26H2,1-2H3,(H2,46,54)(H,48,49)(H,50,53). The number of rotatable bonds is 16. The van der Waals surface area contributed by atoms with Crippen molar-refractivity contribution in [3.63, 3.8) is 0 Å². The maximum atomic E-state index is 14.2. The van der Waals surface area contributed by atoms with Gasteiger partial charge >= 0.3 is 0 Å². The van der Waals surface area contributed by atoms with Crippen LogP contribution in [0.15, 0.2) is 113 Å². The second kappa shape index (κ2) is 17.6. The van der Waals surface area contributed by atoms with E-state index in [1.165, 1.54) is 23.9 Å². The number of anilines is 3. The van der Waals surface area contributed by atoms with Crippen LogP contribution in [0.1, 0.15) is 52.4 Å². The van der Waals surface area contributed by atoms with Gasteiger partial charge in [0.15, 0.2) is 12.4 Å². The number of fused-ring (bicyclic) bond motifs is 2. The molecule has 7 rings (SSSR count). The van der Waals surface area contributed by atoms with Crippen molar-refractivity contribution in [3.05, 3.63) is 126 Å². The number of aryl methyl sites for hydroxylation is 2. The molecule has 1 aliphatic heterocycles. The minimum atomic E-state index is -4.01. The fourth-order valence-electron chi connectivity index (χ4n) is 7.16. The second-order valence-electron chi connectivity index (χ2n) is 14.4. The number of nitrogens with zero attached hydrogens (tertiary/aromatic N) is 1. The summed E-state index contributed by atoms with van der Waals surface area (Å²) < 4.78 is 39.3. The van der Waals surface area contributed by atoms with Gasteiger partial charge < -0.3 is 41.4 Å². The number of phenolic OH excluding ortho intramolecular Hbond substituents is 1. The Bertz CT molecular complexity index is 2650. The third kappa shape index (κ3) is 8.99. The number of aromatic hydroxyl groups is 1. The number of nitrogens with two attached hydrogens (primary N) is 1. The number of sulfone groups is 1. The molecule has 7 N–H and O–H groups in total. The molecule has 2 amide bonds. The van der Waals surface area contributed by atoms with E-state index < -0.39 is 21.8 Å². The van der Waals surface area contributed by atoms with Crippen molar-refractivity contribution in [1.82, 2.24) is 10.3 Å². The molecule has 0 fully saturated rings. The van der Waals surface area contributed by atoms with Crippen LogP contribution in [-0.2, 0) is 21.1 Å². The van der Waals surface area contributed by atoms with E-state index in [9.17, 15) is 28.2 Å². The highest BCUT2D eigenvalue weighted by Gasteiger charge is 2.26. The lowest BCUT2D eigenvalue weighted by Crippen LogP contribution is -2.28. The van der Waals surface area contributed by atoms with Gasteiger partial charge in [0.05, 0.1) is 39.8 Å². The molecule has 5 aromatic carbocycles. The first-order valence-electron chi connectivity index (χ1n) is 19.2. The fourth-order valence-corrected chi connectivity index (χ4v) is 8.57. The van der Waals surface area contributed by atoms with Crippen molar-refractivity contribution in [2.24, 2.45) is 5.73 Å². The smallest absolute Gasteiger partial charge is 0.262 e. The minimum Gasteiger partial charge on any atom is -0.506 e. The van der Waals surface area contributed by atoms with Crippen molar-refractivity contribution < 1.29 is 37.7 Å². The highest BCUT2D eigenvalue weighted by Crippen LogP contribution is 2.41. The Morgan fingerprint density at radius 1 is 0.966 bits per heavy atom. The average molecular weight is 816 g/mol. The number of ether oxygens (including phenoxy) is 2. The van der Waals surface area contributed by atoms with Gasteiger partial charge in [-0.05, 0) is 104 Å². The number of pyridine rings is 1. The number of phenols is 1. The quantitative estimate of drug-likeness (QED) is 0.0435. The lowest BCUT2D eigenvalue weighted by atomic mass is 10.0. The lowest BCUT2D eigenvalue weighted by Gasteiger charge is -2.23. The second-order valence-corrected chi connectivity index (χ2v) is 16.3. The number of carbonyl (C=O) groups is 2. The molecule has 6 aromatic rings. The summed E-state index contributed by atoms with van der Waals surface area (Å²) in [6, 6.07) is 28.2. The van der Waals surface area contributed by atoms with Crippen LogP contribution in [0.2, 0.25) is 0 Å². The SMILES string of the molecule is COc1cccc(Nc2c(C(N)=O)cnc3c(C)cc(S(=O)(=O)c4cccc(-c5ccc(CCCCCNCC(O)c6ccc(O)c7c6OCC(=O)N7)cc5)c4)cc23)c1. The summed E-state index contributed by atoms with van der Waals surface area (Å²) in [7, 11) is -2.46. The third-order valence-corrected chi connectivity index (χ3v) is 12.0.